The molecule has 4 nitrogen and oxygen atoms in total. The molecule has 156 valence electrons. The lowest BCUT2D eigenvalue weighted by Gasteiger charge is -2.10. The molecule has 0 aromatic heterocycles. The van der Waals surface area contributed by atoms with Crippen LogP contribution in [0.25, 0.3) is 0 Å². The summed E-state index contributed by atoms with van der Waals surface area (Å²) >= 11 is 0. The average molecular weight is 372 g/mol. The Morgan fingerprint density at radius 1 is 0.769 bits per heavy atom. The fourth-order valence-corrected chi connectivity index (χ4v) is 2.81. The molecule has 4 heteroatoms. The minimum atomic E-state index is 0.0766. The number of carbonyl (C=O) groups is 1. The number of hydrogen-bond donors (Lipinski definition) is 1. The van der Waals surface area contributed by atoms with Crippen LogP contribution >= 0.6 is 0 Å². The van der Waals surface area contributed by atoms with Gasteiger partial charge in [-0.25, -0.2) is 0 Å². The molecule has 1 atom stereocenters. The van der Waals surface area contributed by atoms with Crippen molar-refractivity contribution < 1.29 is 14.3 Å². The van der Waals surface area contributed by atoms with Gasteiger partial charge in [-0.2, -0.15) is 0 Å². The first-order valence-electron chi connectivity index (χ1n) is 11.0. The molecule has 0 aromatic carbocycles. The molecule has 0 aliphatic carbocycles. The topological polar surface area (TPSA) is 47.6 Å². The maximum absolute atomic E-state index is 11.4. The van der Waals surface area contributed by atoms with Gasteiger partial charge < -0.3 is 14.8 Å². The van der Waals surface area contributed by atoms with E-state index in [4.69, 9.17) is 9.47 Å². The summed E-state index contributed by atoms with van der Waals surface area (Å²) in [5.41, 5.74) is 0. The zero-order valence-electron chi connectivity index (χ0n) is 18.0. The van der Waals surface area contributed by atoms with Crippen LogP contribution in [0.3, 0.4) is 0 Å². The van der Waals surface area contributed by atoms with Gasteiger partial charge in [-0.3, -0.25) is 4.79 Å². The Labute approximate surface area is 162 Å². The minimum absolute atomic E-state index is 0.0766. The van der Waals surface area contributed by atoms with E-state index in [9.17, 15) is 4.79 Å². The van der Waals surface area contributed by atoms with E-state index in [1.54, 1.807) is 0 Å². The average Bonchev–Trinajstić information content (AvgIpc) is 2.62. The first-order chi connectivity index (χ1) is 12.6. The van der Waals surface area contributed by atoms with Gasteiger partial charge in [0.2, 0.25) is 5.91 Å². The van der Waals surface area contributed by atoms with Gasteiger partial charge in [0.05, 0.1) is 13.2 Å². The van der Waals surface area contributed by atoms with Crippen LogP contribution in [0.5, 0.6) is 0 Å². The smallest absolute Gasteiger partial charge is 0.222 e. The molecular formula is C22H45NO3. The van der Waals surface area contributed by atoms with E-state index < -0.39 is 0 Å². The first kappa shape index (κ1) is 25.4. The summed E-state index contributed by atoms with van der Waals surface area (Å²) in [5, 5.41) is 2.94. The highest BCUT2D eigenvalue weighted by molar-refractivity contribution is 5.77. The summed E-state index contributed by atoms with van der Waals surface area (Å²) in [5.74, 6) is 1.10. The molecule has 0 spiro atoms. The Kier molecular flexibility index (Phi) is 18.7. The largest absolute Gasteiger partial charge is 0.379 e. The lowest BCUT2D eigenvalue weighted by atomic mass is 9.98. The predicted octanol–water partition coefficient (Wildman–Crippen LogP) is 5.35. The number of nitrogens with one attached hydrogen (secondary N) is 1. The Balaban J connectivity index is 3.12. The van der Waals surface area contributed by atoms with Gasteiger partial charge in [0.25, 0.3) is 0 Å². The quantitative estimate of drug-likeness (QED) is 0.311. The second-order valence-electron chi connectivity index (χ2n) is 7.83. The van der Waals surface area contributed by atoms with Crippen LogP contribution in [-0.2, 0) is 14.3 Å². The molecule has 0 rings (SSSR count). The number of hydrogen-bond acceptors (Lipinski definition) is 3. The lowest BCUT2D eigenvalue weighted by molar-refractivity contribution is -0.123. The van der Waals surface area contributed by atoms with Gasteiger partial charge in [-0.15, -0.1) is 0 Å². The molecule has 0 aliphatic rings. The van der Waals surface area contributed by atoms with Crippen molar-refractivity contribution in [3.05, 3.63) is 0 Å². The molecule has 0 aromatic rings. The highest BCUT2D eigenvalue weighted by Crippen LogP contribution is 2.15. The molecular weight excluding hydrogens is 326 g/mol. The Morgan fingerprint density at radius 2 is 1.35 bits per heavy atom. The molecule has 0 fully saturated rings. The van der Waals surface area contributed by atoms with Crippen LogP contribution in [0.4, 0.5) is 0 Å². The van der Waals surface area contributed by atoms with Crippen molar-refractivity contribution >= 4 is 5.91 Å². The first-order valence-corrected chi connectivity index (χ1v) is 11.0. The summed E-state index contributed by atoms with van der Waals surface area (Å²) in [6.07, 6.45) is 12.4. The molecule has 0 bridgehead atoms. The van der Waals surface area contributed by atoms with E-state index in [-0.39, 0.29) is 11.8 Å². The number of rotatable bonds is 19. The van der Waals surface area contributed by atoms with Gasteiger partial charge in [0.15, 0.2) is 0 Å². The number of ether oxygens (including phenoxy) is 2. The maximum Gasteiger partial charge on any atom is 0.222 e. The van der Waals surface area contributed by atoms with Crippen LogP contribution in [-0.4, -0.2) is 38.9 Å². The third-order valence-corrected chi connectivity index (χ3v) is 4.70. The van der Waals surface area contributed by atoms with Crippen LogP contribution in [0.1, 0.15) is 91.9 Å². The monoisotopic (exact) mass is 371 g/mol. The van der Waals surface area contributed by atoms with Gasteiger partial charge in [0.1, 0.15) is 0 Å². The minimum Gasteiger partial charge on any atom is -0.379 e. The van der Waals surface area contributed by atoms with E-state index in [1.807, 2.05) is 13.8 Å². The molecule has 0 aliphatic heterocycles. The normalized spacial score (nSPS) is 12.5. The highest BCUT2D eigenvalue weighted by Gasteiger charge is 2.04. The second kappa shape index (κ2) is 19.2. The van der Waals surface area contributed by atoms with E-state index in [0.29, 0.717) is 13.2 Å². The molecule has 1 unspecified atom stereocenters. The Hall–Kier alpha value is -0.610. The molecule has 0 saturated carbocycles. The van der Waals surface area contributed by atoms with Crippen molar-refractivity contribution in [3.63, 3.8) is 0 Å². The van der Waals surface area contributed by atoms with E-state index >= 15 is 0 Å². The van der Waals surface area contributed by atoms with Crippen molar-refractivity contribution in [2.45, 2.75) is 91.9 Å². The van der Waals surface area contributed by atoms with Crippen molar-refractivity contribution in [1.82, 2.24) is 5.32 Å². The fourth-order valence-electron chi connectivity index (χ4n) is 2.81. The van der Waals surface area contributed by atoms with Crippen LogP contribution in [0.2, 0.25) is 0 Å². The zero-order chi connectivity index (χ0) is 19.5. The van der Waals surface area contributed by atoms with Gasteiger partial charge in [-0.05, 0) is 31.6 Å². The third-order valence-electron chi connectivity index (χ3n) is 4.70. The van der Waals surface area contributed by atoms with Crippen molar-refractivity contribution in [2.75, 3.05) is 33.0 Å². The SMILES string of the molecule is CCCCC(C)CCCCCOCCOCCCCCNC(=O)C(C)C. The summed E-state index contributed by atoms with van der Waals surface area (Å²) in [6, 6.07) is 0. The number of unbranched alkanes of at least 4 members (excludes halogenated alkanes) is 5. The van der Waals surface area contributed by atoms with Crippen molar-refractivity contribution in [2.24, 2.45) is 11.8 Å². The number of carbonyl (C=O) groups excluding carboxylic acids is 1. The molecule has 0 radical (unpaired) electrons. The molecule has 1 amide bonds. The lowest BCUT2D eigenvalue weighted by Crippen LogP contribution is -2.28. The summed E-state index contributed by atoms with van der Waals surface area (Å²) < 4.78 is 11.2. The van der Waals surface area contributed by atoms with Gasteiger partial charge >= 0.3 is 0 Å². The maximum atomic E-state index is 11.4. The summed E-state index contributed by atoms with van der Waals surface area (Å²) in [7, 11) is 0. The third kappa shape index (κ3) is 18.2. The summed E-state index contributed by atoms with van der Waals surface area (Å²) in [4.78, 5) is 11.4. The van der Waals surface area contributed by atoms with Gasteiger partial charge in [-0.1, -0.05) is 66.2 Å². The molecule has 26 heavy (non-hydrogen) atoms. The standard InChI is InChI=1S/C22H45NO3/c1-5-6-13-21(4)14-9-7-11-16-25-18-19-26-17-12-8-10-15-23-22(24)20(2)3/h20-21H,5-19H2,1-4H3,(H,23,24). The zero-order valence-corrected chi connectivity index (χ0v) is 18.0. The Bertz CT molecular complexity index is 308. The Morgan fingerprint density at radius 3 is 1.92 bits per heavy atom. The molecule has 0 heterocycles. The molecule has 1 N–H and O–H groups in total. The van der Waals surface area contributed by atoms with E-state index in [1.165, 1.54) is 44.9 Å². The highest BCUT2D eigenvalue weighted by atomic mass is 16.5. The van der Waals surface area contributed by atoms with E-state index in [2.05, 4.69) is 19.2 Å². The van der Waals surface area contributed by atoms with Crippen LogP contribution in [0.15, 0.2) is 0 Å². The van der Waals surface area contributed by atoms with Crippen molar-refractivity contribution in [1.29, 1.82) is 0 Å². The molecule has 0 saturated heterocycles. The van der Waals surface area contributed by atoms with Crippen molar-refractivity contribution in [3.8, 4) is 0 Å². The fraction of sp³-hybridized carbons (Fsp3) is 0.955. The van der Waals surface area contributed by atoms with Gasteiger partial charge in [0, 0.05) is 25.7 Å². The van der Waals surface area contributed by atoms with Crippen LogP contribution < -0.4 is 5.32 Å². The van der Waals surface area contributed by atoms with E-state index in [0.717, 1.165) is 44.9 Å². The second-order valence-corrected chi connectivity index (χ2v) is 7.83. The predicted molar refractivity (Wildman–Crippen MR) is 110 cm³/mol. The van der Waals surface area contributed by atoms with Crippen LogP contribution in [0, 0.1) is 11.8 Å². The number of amides is 1. The summed E-state index contributed by atoms with van der Waals surface area (Å²) in [6.45, 7) is 12.3.